The lowest BCUT2D eigenvalue weighted by atomic mass is 10.1. The number of aromatic nitrogens is 2. The smallest absolute Gasteiger partial charge is 0.272 e. The fraction of sp³-hybridized carbons (Fsp3) is 0.240. The van der Waals surface area contributed by atoms with Crippen LogP contribution in [0.25, 0.3) is 10.2 Å². The van der Waals surface area contributed by atoms with Crippen LogP contribution in [-0.2, 0) is 17.9 Å². The number of carbonyl (C=O) groups is 1. The van der Waals surface area contributed by atoms with Gasteiger partial charge in [0.05, 0.1) is 17.8 Å². The minimum Gasteiger partial charge on any atom is -0.351 e. The van der Waals surface area contributed by atoms with E-state index in [1.807, 2.05) is 48.7 Å². The van der Waals surface area contributed by atoms with Gasteiger partial charge in [-0.3, -0.25) is 14.2 Å². The molecule has 0 atom stereocenters. The third-order valence-electron chi connectivity index (χ3n) is 5.39. The normalized spacial score (nSPS) is 11.1. The average molecular weight is 464 g/mol. The van der Waals surface area contributed by atoms with Gasteiger partial charge in [-0.25, -0.2) is 4.98 Å². The van der Waals surface area contributed by atoms with E-state index in [4.69, 9.17) is 0 Å². The second kappa shape index (κ2) is 9.71. The van der Waals surface area contributed by atoms with Crippen molar-refractivity contribution in [3.63, 3.8) is 0 Å². The fourth-order valence-corrected chi connectivity index (χ4v) is 4.95. The Morgan fingerprint density at radius 1 is 1.03 bits per heavy atom. The van der Waals surface area contributed by atoms with Gasteiger partial charge in [0, 0.05) is 6.54 Å². The minimum absolute atomic E-state index is 0.0641. The lowest BCUT2D eigenvalue weighted by molar-refractivity contribution is -0.118. The van der Waals surface area contributed by atoms with Crippen molar-refractivity contribution in [3.05, 3.63) is 92.1 Å². The Balaban J connectivity index is 1.52. The van der Waals surface area contributed by atoms with Crippen molar-refractivity contribution in [1.82, 2.24) is 14.9 Å². The Bertz CT molecular complexity index is 1320. The maximum absolute atomic E-state index is 13.2. The topological polar surface area (TPSA) is 64.0 Å². The number of thiophene rings is 1. The summed E-state index contributed by atoms with van der Waals surface area (Å²) < 4.78 is 2.32. The summed E-state index contributed by atoms with van der Waals surface area (Å²) in [5, 5.41) is 5.38. The van der Waals surface area contributed by atoms with Gasteiger partial charge in [-0.05, 0) is 54.5 Å². The molecule has 7 heteroatoms. The van der Waals surface area contributed by atoms with Crippen LogP contribution in [0, 0.1) is 20.8 Å². The van der Waals surface area contributed by atoms with Crippen LogP contribution in [-0.4, -0.2) is 21.2 Å². The van der Waals surface area contributed by atoms with E-state index in [9.17, 15) is 9.59 Å². The van der Waals surface area contributed by atoms with Crippen molar-refractivity contribution < 1.29 is 4.79 Å². The highest BCUT2D eigenvalue weighted by molar-refractivity contribution is 7.99. The molecule has 0 saturated heterocycles. The Morgan fingerprint density at radius 2 is 1.78 bits per heavy atom. The van der Waals surface area contributed by atoms with Crippen LogP contribution < -0.4 is 10.9 Å². The van der Waals surface area contributed by atoms with Crippen molar-refractivity contribution >= 4 is 39.2 Å². The highest BCUT2D eigenvalue weighted by atomic mass is 32.2. The van der Waals surface area contributed by atoms with Gasteiger partial charge in [-0.15, -0.1) is 11.3 Å². The number of nitrogens with one attached hydrogen (secondary N) is 1. The van der Waals surface area contributed by atoms with Crippen LogP contribution in [0.2, 0.25) is 0 Å². The predicted octanol–water partition coefficient (Wildman–Crippen LogP) is 4.84. The van der Waals surface area contributed by atoms with E-state index in [0.29, 0.717) is 28.5 Å². The summed E-state index contributed by atoms with van der Waals surface area (Å²) in [7, 11) is 0. The summed E-state index contributed by atoms with van der Waals surface area (Å²) in [6.45, 7) is 7.07. The SMILES string of the molecule is Cc1ccc(CNC(=O)CSc2nc3ccsc3c(=O)n2Cc2ccc(C)c(C)c2)cc1. The zero-order chi connectivity index (χ0) is 22.7. The van der Waals surface area contributed by atoms with Crippen molar-refractivity contribution in [2.24, 2.45) is 0 Å². The molecular formula is C25H25N3O2S2. The molecule has 0 fully saturated rings. The van der Waals surface area contributed by atoms with Crippen molar-refractivity contribution in [2.75, 3.05) is 5.75 Å². The van der Waals surface area contributed by atoms with Crippen LogP contribution in [0.15, 0.2) is 63.9 Å². The number of benzene rings is 2. The summed E-state index contributed by atoms with van der Waals surface area (Å²) in [4.78, 5) is 30.3. The third-order valence-corrected chi connectivity index (χ3v) is 7.25. The van der Waals surface area contributed by atoms with E-state index in [0.717, 1.165) is 11.1 Å². The molecule has 1 amide bonds. The van der Waals surface area contributed by atoms with E-state index in [2.05, 4.69) is 36.3 Å². The van der Waals surface area contributed by atoms with Gasteiger partial charge >= 0.3 is 0 Å². The number of nitrogens with zero attached hydrogens (tertiary/aromatic N) is 2. The van der Waals surface area contributed by atoms with E-state index in [1.54, 1.807) is 4.57 Å². The molecule has 1 N–H and O–H groups in total. The number of amides is 1. The molecule has 0 unspecified atom stereocenters. The third kappa shape index (κ3) is 5.11. The van der Waals surface area contributed by atoms with Crippen LogP contribution in [0.4, 0.5) is 0 Å². The van der Waals surface area contributed by atoms with E-state index in [1.165, 1.54) is 39.8 Å². The Kier molecular flexibility index (Phi) is 6.77. The molecule has 0 spiro atoms. The number of aryl methyl sites for hydroxylation is 3. The molecule has 0 bridgehead atoms. The van der Waals surface area contributed by atoms with Gasteiger partial charge in [0.25, 0.3) is 5.56 Å². The number of fused-ring (bicyclic) bond motifs is 1. The number of rotatable bonds is 7. The molecule has 0 radical (unpaired) electrons. The highest BCUT2D eigenvalue weighted by Crippen LogP contribution is 2.22. The molecular weight excluding hydrogens is 438 g/mol. The Morgan fingerprint density at radius 3 is 2.53 bits per heavy atom. The largest absolute Gasteiger partial charge is 0.351 e. The van der Waals surface area contributed by atoms with Crippen molar-refractivity contribution in [1.29, 1.82) is 0 Å². The second-order valence-electron chi connectivity index (χ2n) is 7.89. The van der Waals surface area contributed by atoms with Crippen molar-refractivity contribution in [3.8, 4) is 0 Å². The monoisotopic (exact) mass is 463 g/mol. The number of hydrogen-bond acceptors (Lipinski definition) is 5. The molecule has 32 heavy (non-hydrogen) atoms. The number of carbonyl (C=O) groups excluding carboxylic acids is 1. The molecule has 4 aromatic rings. The Hall–Kier alpha value is -2.90. The summed E-state index contributed by atoms with van der Waals surface area (Å²) in [5.41, 5.74) is 6.30. The highest BCUT2D eigenvalue weighted by Gasteiger charge is 2.15. The zero-order valence-electron chi connectivity index (χ0n) is 18.3. The van der Waals surface area contributed by atoms with Crippen LogP contribution in [0.5, 0.6) is 0 Å². The molecule has 2 heterocycles. The summed E-state index contributed by atoms with van der Waals surface area (Å²) >= 11 is 2.70. The quantitative estimate of drug-likeness (QED) is 0.315. The molecule has 2 aromatic carbocycles. The van der Waals surface area contributed by atoms with E-state index < -0.39 is 0 Å². The zero-order valence-corrected chi connectivity index (χ0v) is 20.0. The molecule has 4 rings (SSSR count). The molecule has 0 aliphatic carbocycles. The average Bonchev–Trinajstić information content (AvgIpc) is 3.25. The van der Waals surface area contributed by atoms with Gasteiger partial charge in [0.1, 0.15) is 4.70 Å². The first-order valence-electron chi connectivity index (χ1n) is 10.4. The molecule has 0 aliphatic heterocycles. The van der Waals surface area contributed by atoms with Crippen LogP contribution in [0.1, 0.15) is 27.8 Å². The molecule has 0 saturated carbocycles. The van der Waals surface area contributed by atoms with Crippen molar-refractivity contribution in [2.45, 2.75) is 39.0 Å². The molecule has 5 nitrogen and oxygen atoms in total. The molecule has 164 valence electrons. The minimum atomic E-state index is -0.0898. The first-order valence-corrected chi connectivity index (χ1v) is 12.3. The molecule has 0 aliphatic rings. The number of thioether (sulfide) groups is 1. The lowest BCUT2D eigenvalue weighted by Gasteiger charge is -2.13. The maximum Gasteiger partial charge on any atom is 0.272 e. The van der Waals surface area contributed by atoms with E-state index >= 15 is 0 Å². The van der Waals surface area contributed by atoms with Gasteiger partial charge in [-0.2, -0.15) is 0 Å². The lowest BCUT2D eigenvalue weighted by Crippen LogP contribution is -2.26. The van der Waals surface area contributed by atoms with Crippen LogP contribution >= 0.6 is 23.1 Å². The summed E-state index contributed by atoms with van der Waals surface area (Å²) in [6.07, 6.45) is 0. The Labute approximate surface area is 195 Å². The maximum atomic E-state index is 13.2. The second-order valence-corrected chi connectivity index (χ2v) is 9.75. The van der Waals surface area contributed by atoms with E-state index in [-0.39, 0.29) is 17.2 Å². The fourth-order valence-electron chi connectivity index (χ4n) is 3.35. The summed E-state index contributed by atoms with van der Waals surface area (Å²) in [5.74, 6) is 0.105. The first kappa shape index (κ1) is 22.3. The first-order chi connectivity index (χ1) is 15.4. The van der Waals surface area contributed by atoms with Gasteiger partial charge in [0.15, 0.2) is 5.16 Å². The standard InChI is InChI=1S/C25H25N3O2S2/c1-16-4-7-19(8-5-16)13-26-22(29)15-32-25-27-21-10-11-31-23(21)24(30)28(25)14-20-9-6-17(2)18(3)12-20/h4-12H,13-15H2,1-3H3,(H,26,29). The number of hydrogen-bond donors (Lipinski definition) is 1. The summed E-state index contributed by atoms with van der Waals surface area (Å²) in [6, 6.07) is 16.1. The molecule has 2 aromatic heterocycles. The van der Waals surface area contributed by atoms with Crippen LogP contribution in [0.3, 0.4) is 0 Å². The predicted molar refractivity (Wildman–Crippen MR) is 133 cm³/mol. The van der Waals surface area contributed by atoms with Gasteiger partial charge in [-0.1, -0.05) is 59.8 Å². The van der Waals surface area contributed by atoms with Gasteiger partial charge < -0.3 is 5.32 Å². The van der Waals surface area contributed by atoms with Gasteiger partial charge in [0.2, 0.25) is 5.91 Å².